The molecule has 2 amide bonds. The maximum absolute atomic E-state index is 14.0. The fourth-order valence-corrected chi connectivity index (χ4v) is 5.39. The molecule has 0 saturated carbocycles. The van der Waals surface area contributed by atoms with E-state index in [0.29, 0.717) is 12.4 Å². The molecule has 3 rings (SSSR count). The maximum Gasteiger partial charge on any atom is 0.244 e. The first-order valence-corrected chi connectivity index (χ1v) is 14.8. The number of halogens is 1. The minimum Gasteiger partial charge on any atom is -0.492 e. The minimum atomic E-state index is -3.88. The second kappa shape index (κ2) is 13.4. The number of anilines is 1. The molecule has 0 aliphatic rings. The van der Waals surface area contributed by atoms with Crippen LogP contribution in [0.3, 0.4) is 0 Å². The molecule has 8 nitrogen and oxygen atoms in total. The number of nitrogens with one attached hydrogen (secondary N) is 1. The predicted molar refractivity (Wildman–Crippen MR) is 152 cm³/mol. The van der Waals surface area contributed by atoms with Gasteiger partial charge in [-0.3, -0.25) is 13.9 Å². The van der Waals surface area contributed by atoms with Crippen LogP contribution in [-0.2, 0) is 32.6 Å². The average Bonchev–Trinajstić information content (AvgIpc) is 2.89. The standard InChI is InChI=1S/C28H32BrN3O5S/c1-4-37-26-16-9-8-15-24(26)32(38(3,35)36)20-27(33)31(19-22-13-10-14-23(29)17-22)25(28(34)30-2)18-21-11-6-5-7-12-21/h5-17,25H,4,18-20H2,1-3H3,(H,30,34). The van der Waals surface area contributed by atoms with Gasteiger partial charge < -0.3 is 15.0 Å². The van der Waals surface area contributed by atoms with E-state index in [2.05, 4.69) is 21.2 Å². The van der Waals surface area contributed by atoms with Crippen molar-refractivity contribution < 1.29 is 22.7 Å². The van der Waals surface area contributed by atoms with Gasteiger partial charge in [0.1, 0.15) is 18.3 Å². The third kappa shape index (κ3) is 7.82. The summed E-state index contributed by atoms with van der Waals surface area (Å²) in [6.45, 7) is 1.73. The average molecular weight is 603 g/mol. The fraction of sp³-hybridized carbons (Fsp3) is 0.286. The Morgan fingerprint density at radius 3 is 2.26 bits per heavy atom. The van der Waals surface area contributed by atoms with Crippen molar-refractivity contribution in [2.75, 3.05) is 30.8 Å². The van der Waals surface area contributed by atoms with Gasteiger partial charge in [-0.2, -0.15) is 0 Å². The molecule has 10 heteroatoms. The van der Waals surface area contributed by atoms with E-state index in [4.69, 9.17) is 4.74 Å². The van der Waals surface area contributed by atoms with Gasteiger partial charge in [0.05, 0.1) is 18.6 Å². The van der Waals surface area contributed by atoms with E-state index in [1.54, 1.807) is 31.2 Å². The van der Waals surface area contributed by atoms with Gasteiger partial charge in [-0.15, -0.1) is 0 Å². The predicted octanol–water partition coefficient (Wildman–Crippen LogP) is 4.00. The zero-order chi connectivity index (χ0) is 27.7. The first-order valence-electron chi connectivity index (χ1n) is 12.1. The van der Waals surface area contributed by atoms with E-state index < -0.39 is 28.5 Å². The van der Waals surface area contributed by atoms with Crippen LogP contribution in [0.15, 0.2) is 83.3 Å². The quantitative estimate of drug-likeness (QED) is 0.338. The number of ether oxygens (including phenoxy) is 1. The van der Waals surface area contributed by atoms with E-state index in [1.165, 1.54) is 11.9 Å². The van der Waals surface area contributed by atoms with Crippen molar-refractivity contribution in [3.8, 4) is 5.75 Å². The van der Waals surface area contributed by atoms with Gasteiger partial charge in [0.15, 0.2) is 0 Å². The Kier molecular flexibility index (Phi) is 10.3. The highest BCUT2D eigenvalue weighted by Crippen LogP contribution is 2.30. The number of carbonyl (C=O) groups excluding carboxylic acids is 2. The highest BCUT2D eigenvalue weighted by Gasteiger charge is 2.33. The Morgan fingerprint density at radius 2 is 1.63 bits per heavy atom. The Labute approximate surface area is 232 Å². The molecule has 1 N–H and O–H groups in total. The Balaban J connectivity index is 2.05. The number of likely N-dealkylation sites (N-methyl/N-ethyl adjacent to an activating group) is 1. The number of amides is 2. The summed E-state index contributed by atoms with van der Waals surface area (Å²) >= 11 is 3.46. The van der Waals surface area contributed by atoms with Gasteiger partial charge in [0.2, 0.25) is 21.8 Å². The number of hydrogen-bond acceptors (Lipinski definition) is 5. The van der Waals surface area contributed by atoms with Crippen LogP contribution < -0.4 is 14.4 Å². The topological polar surface area (TPSA) is 96.0 Å². The zero-order valence-corrected chi connectivity index (χ0v) is 24.0. The van der Waals surface area contributed by atoms with Crippen LogP contribution in [-0.4, -0.2) is 57.6 Å². The normalized spacial score (nSPS) is 11.9. The second-order valence-corrected chi connectivity index (χ2v) is 11.5. The van der Waals surface area contributed by atoms with Gasteiger partial charge >= 0.3 is 0 Å². The Bertz CT molecular complexity index is 1350. The minimum absolute atomic E-state index is 0.105. The van der Waals surface area contributed by atoms with Gasteiger partial charge in [-0.1, -0.05) is 70.5 Å². The number of carbonyl (C=O) groups is 2. The molecule has 0 spiro atoms. The monoisotopic (exact) mass is 601 g/mol. The van der Waals surface area contributed by atoms with Crippen LogP contribution in [0.5, 0.6) is 5.75 Å². The molecule has 1 unspecified atom stereocenters. The molecule has 3 aromatic carbocycles. The molecule has 38 heavy (non-hydrogen) atoms. The molecule has 0 fully saturated rings. The summed E-state index contributed by atoms with van der Waals surface area (Å²) < 4.78 is 33.3. The summed E-state index contributed by atoms with van der Waals surface area (Å²) in [5.41, 5.74) is 1.91. The van der Waals surface area contributed by atoms with Crippen LogP contribution >= 0.6 is 15.9 Å². The van der Waals surface area contributed by atoms with Crippen molar-refractivity contribution in [2.45, 2.75) is 25.9 Å². The molecule has 0 aromatic heterocycles. The largest absolute Gasteiger partial charge is 0.492 e. The maximum atomic E-state index is 14.0. The van der Waals surface area contributed by atoms with Crippen molar-refractivity contribution in [3.05, 3.63) is 94.5 Å². The van der Waals surface area contributed by atoms with Crippen LogP contribution in [0, 0.1) is 0 Å². The van der Waals surface area contributed by atoms with Gasteiger partial charge in [0, 0.05) is 24.5 Å². The zero-order valence-electron chi connectivity index (χ0n) is 21.6. The lowest BCUT2D eigenvalue weighted by Gasteiger charge is -2.33. The molecule has 3 aromatic rings. The van der Waals surface area contributed by atoms with Gasteiger partial charge in [-0.05, 0) is 42.3 Å². The lowest BCUT2D eigenvalue weighted by atomic mass is 10.0. The summed E-state index contributed by atoms with van der Waals surface area (Å²) in [6, 6.07) is 22.6. The number of sulfonamides is 1. The molecular weight excluding hydrogens is 570 g/mol. The van der Waals surface area contributed by atoms with Crippen LogP contribution in [0.25, 0.3) is 0 Å². The number of rotatable bonds is 12. The Morgan fingerprint density at radius 1 is 0.974 bits per heavy atom. The number of nitrogens with zero attached hydrogens (tertiary/aromatic N) is 2. The number of benzene rings is 3. The summed E-state index contributed by atoms with van der Waals surface area (Å²) in [5.74, 6) is -0.525. The van der Waals surface area contributed by atoms with Crippen molar-refractivity contribution in [1.29, 1.82) is 0 Å². The molecule has 0 aliphatic heterocycles. The molecule has 1 atom stereocenters. The molecular formula is C28H32BrN3O5S. The first-order chi connectivity index (χ1) is 18.1. The van der Waals surface area contributed by atoms with Crippen LogP contribution in [0.1, 0.15) is 18.1 Å². The Hall–Kier alpha value is -3.37. The van der Waals surface area contributed by atoms with E-state index in [9.17, 15) is 18.0 Å². The molecule has 0 bridgehead atoms. The van der Waals surface area contributed by atoms with Crippen LogP contribution in [0.4, 0.5) is 5.69 Å². The molecule has 0 radical (unpaired) electrons. The molecule has 202 valence electrons. The number of para-hydroxylation sites is 2. The third-order valence-electron chi connectivity index (χ3n) is 5.87. The third-order valence-corrected chi connectivity index (χ3v) is 7.49. The van der Waals surface area contributed by atoms with E-state index in [1.807, 2.05) is 54.6 Å². The summed E-state index contributed by atoms with van der Waals surface area (Å²) in [4.78, 5) is 28.6. The van der Waals surface area contributed by atoms with Gasteiger partial charge in [-0.25, -0.2) is 8.42 Å². The van der Waals surface area contributed by atoms with Crippen molar-refractivity contribution in [2.24, 2.45) is 0 Å². The van der Waals surface area contributed by atoms with Crippen molar-refractivity contribution >= 4 is 43.5 Å². The van der Waals surface area contributed by atoms with E-state index >= 15 is 0 Å². The lowest BCUT2D eigenvalue weighted by molar-refractivity contribution is -0.139. The van der Waals surface area contributed by atoms with Gasteiger partial charge in [0.25, 0.3) is 0 Å². The molecule has 0 aliphatic carbocycles. The number of hydrogen-bond donors (Lipinski definition) is 1. The van der Waals surface area contributed by atoms with E-state index in [0.717, 1.165) is 26.2 Å². The van der Waals surface area contributed by atoms with Crippen molar-refractivity contribution in [1.82, 2.24) is 10.2 Å². The SMILES string of the molecule is CCOc1ccccc1N(CC(=O)N(Cc1cccc(Br)c1)C(Cc1ccccc1)C(=O)NC)S(C)(=O)=O. The molecule has 0 saturated heterocycles. The highest BCUT2D eigenvalue weighted by atomic mass is 79.9. The summed E-state index contributed by atoms with van der Waals surface area (Å²) in [6.07, 6.45) is 1.30. The fourth-order valence-electron chi connectivity index (χ4n) is 4.09. The van der Waals surface area contributed by atoms with Crippen molar-refractivity contribution in [3.63, 3.8) is 0 Å². The second-order valence-electron chi connectivity index (χ2n) is 8.64. The lowest BCUT2D eigenvalue weighted by Crippen LogP contribution is -2.52. The smallest absolute Gasteiger partial charge is 0.244 e. The van der Waals surface area contributed by atoms with Crippen LogP contribution in [0.2, 0.25) is 0 Å². The first kappa shape index (κ1) is 29.2. The summed E-state index contributed by atoms with van der Waals surface area (Å²) in [7, 11) is -2.36. The van der Waals surface area contributed by atoms with E-state index in [-0.39, 0.29) is 24.6 Å². The molecule has 0 heterocycles. The summed E-state index contributed by atoms with van der Waals surface area (Å²) in [5, 5.41) is 2.66. The highest BCUT2D eigenvalue weighted by molar-refractivity contribution is 9.10.